The van der Waals surface area contributed by atoms with Crippen molar-refractivity contribution in [3.63, 3.8) is 0 Å². The van der Waals surface area contributed by atoms with E-state index in [2.05, 4.69) is 0 Å². The van der Waals surface area contributed by atoms with Gasteiger partial charge < -0.3 is 10.5 Å². The summed E-state index contributed by atoms with van der Waals surface area (Å²) in [5, 5.41) is 11.7. The molecule has 0 aliphatic carbocycles. The van der Waals surface area contributed by atoms with Gasteiger partial charge in [0.2, 0.25) is 5.91 Å². The summed E-state index contributed by atoms with van der Waals surface area (Å²) in [7, 11) is 0. The summed E-state index contributed by atoms with van der Waals surface area (Å²) < 4.78 is 5.46. The maximum atomic E-state index is 11.1. The molecule has 0 unspecified atom stereocenters. The van der Waals surface area contributed by atoms with Gasteiger partial charge in [-0.3, -0.25) is 14.9 Å². The largest absolute Gasteiger partial charge is 0.486 e. The number of ether oxygens (including phenoxy) is 1. The van der Waals surface area contributed by atoms with Crippen molar-refractivity contribution in [2.24, 2.45) is 5.73 Å². The van der Waals surface area contributed by atoms with Crippen LogP contribution in [0.25, 0.3) is 0 Å². The molecule has 0 aliphatic rings. The number of carbonyl (C=O) groups excluding carboxylic acids is 1. The lowest BCUT2D eigenvalue weighted by Crippen LogP contribution is -2.12. The van der Waals surface area contributed by atoms with Gasteiger partial charge >= 0.3 is 0 Å². The van der Waals surface area contributed by atoms with Gasteiger partial charge in [0, 0.05) is 11.6 Å². The third-order valence-corrected chi connectivity index (χ3v) is 3.45. The van der Waals surface area contributed by atoms with Crippen molar-refractivity contribution in [3.05, 3.63) is 67.7 Å². The van der Waals surface area contributed by atoms with E-state index in [1.54, 1.807) is 18.2 Å². The number of nitro benzene ring substituents is 1. The first kappa shape index (κ1) is 16.1. The van der Waals surface area contributed by atoms with Crippen molar-refractivity contribution in [3.8, 4) is 5.75 Å². The highest BCUT2D eigenvalue weighted by Crippen LogP contribution is 2.33. The van der Waals surface area contributed by atoms with E-state index in [4.69, 9.17) is 33.7 Å². The second-order valence-corrected chi connectivity index (χ2v) is 5.12. The van der Waals surface area contributed by atoms with Crippen LogP contribution in [-0.2, 0) is 6.61 Å². The van der Waals surface area contributed by atoms with Crippen LogP contribution in [0.3, 0.4) is 0 Å². The fourth-order valence-corrected chi connectivity index (χ4v) is 2.29. The number of rotatable bonds is 5. The Hall–Kier alpha value is -2.31. The van der Waals surface area contributed by atoms with Crippen molar-refractivity contribution in [2.75, 3.05) is 0 Å². The van der Waals surface area contributed by atoms with E-state index in [0.717, 1.165) is 6.07 Å². The molecule has 0 atom stereocenters. The van der Waals surface area contributed by atoms with Crippen LogP contribution in [-0.4, -0.2) is 10.8 Å². The zero-order valence-electron chi connectivity index (χ0n) is 11.1. The van der Waals surface area contributed by atoms with Gasteiger partial charge in [0.05, 0.1) is 20.5 Å². The van der Waals surface area contributed by atoms with E-state index >= 15 is 0 Å². The number of nitrogens with two attached hydrogens (primary N) is 1. The summed E-state index contributed by atoms with van der Waals surface area (Å²) in [5.74, 6) is -0.510. The molecule has 2 aromatic carbocycles. The van der Waals surface area contributed by atoms with Gasteiger partial charge in [-0.25, -0.2) is 0 Å². The van der Waals surface area contributed by atoms with Gasteiger partial charge in [0.1, 0.15) is 6.61 Å². The average Bonchev–Trinajstić information content (AvgIpc) is 2.46. The number of nitrogens with zero attached hydrogens (tertiary/aromatic N) is 1. The number of hydrogen-bond donors (Lipinski definition) is 1. The molecule has 6 nitrogen and oxygen atoms in total. The van der Waals surface area contributed by atoms with E-state index < -0.39 is 10.8 Å². The first-order valence-corrected chi connectivity index (χ1v) is 6.79. The van der Waals surface area contributed by atoms with E-state index in [0.29, 0.717) is 10.0 Å². The Kier molecular flexibility index (Phi) is 4.85. The third kappa shape index (κ3) is 3.47. The Bertz CT molecular complexity index is 729. The lowest BCUT2D eigenvalue weighted by Gasteiger charge is -2.10. The number of primary amides is 1. The van der Waals surface area contributed by atoms with E-state index in [9.17, 15) is 14.9 Å². The SMILES string of the molecule is NC(=O)c1ccc(COc2c(Cl)cccc2Cl)c([N+](=O)[O-])c1. The molecule has 0 saturated carbocycles. The highest BCUT2D eigenvalue weighted by atomic mass is 35.5. The van der Waals surface area contributed by atoms with Crippen LogP contribution in [0.2, 0.25) is 10.0 Å². The van der Waals surface area contributed by atoms with E-state index in [-0.39, 0.29) is 29.2 Å². The van der Waals surface area contributed by atoms with Gasteiger partial charge in [0.25, 0.3) is 5.69 Å². The van der Waals surface area contributed by atoms with Crippen LogP contribution in [0, 0.1) is 10.1 Å². The topological polar surface area (TPSA) is 95.5 Å². The molecule has 114 valence electrons. The molecule has 0 fully saturated rings. The molecule has 0 aliphatic heterocycles. The third-order valence-electron chi connectivity index (χ3n) is 2.86. The minimum absolute atomic E-state index is 0.0474. The van der Waals surface area contributed by atoms with Crippen molar-refractivity contribution in [2.45, 2.75) is 6.61 Å². The molecule has 22 heavy (non-hydrogen) atoms. The summed E-state index contributed by atoms with van der Waals surface area (Å²) in [5.41, 5.74) is 5.16. The minimum Gasteiger partial charge on any atom is -0.486 e. The quantitative estimate of drug-likeness (QED) is 0.664. The lowest BCUT2D eigenvalue weighted by molar-refractivity contribution is -0.385. The highest BCUT2D eigenvalue weighted by molar-refractivity contribution is 6.37. The number of benzene rings is 2. The van der Waals surface area contributed by atoms with Crippen molar-refractivity contribution in [1.82, 2.24) is 0 Å². The Morgan fingerprint density at radius 1 is 1.23 bits per heavy atom. The summed E-state index contributed by atoms with van der Waals surface area (Å²) in [4.78, 5) is 21.6. The Morgan fingerprint density at radius 3 is 2.41 bits per heavy atom. The number of hydrogen-bond acceptors (Lipinski definition) is 4. The van der Waals surface area contributed by atoms with E-state index in [1.807, 2.05) is 0 Å². The first-order chi connectivity index (χ1) is 10.4. The van der Waals surface area contributed by atoms with Crippen molar-refractivity contribution < 1.29 is 14.5 Å². The molecule has 0 bridgehead atoms. The molecule has 0 aromatic heterocycles. The maximum absolute atomic E-state index is 11.1. The van der Waals surface area contributed by atoms with Gasteiger partial charge in [-0.2, -0.15) is 0 Å². The van der Waals surface area contributed by atoms with Crippen LogP contribution < -0.4 is 10.5 Å². The lowest BCUT2D eigenvalue weighted by atomic mass is 10.1. The minimum atomic E-state index is -0.746. The van der Waals surface area contributed by atoms with Gasteiger partial charge in [0.15, 0.2) is 5.75 Å². The molecule has 8 heteroatoms. The average molecular weight is 341 g/mol. The number of halogens is 2. The predicted molar refractivity (Wildman–Crippen MR) is 82.4 cm³/mol. The maximum Gasteiger partial charge on any atom is 0.276 e. The summed E-state index contributed by atoms with van der Waals surface area (Å²) in [6.45, 7) is -0.126. The van der Waals surface area contributed by atoms with Crippen LogP contribution >= 0.6 is 23.2 Å². The highest BCUT2D eigenvalue weighted by Gasteiger charge is 2.18. The number of carbonyl (C=O) groups is 1. The normalized spacial score (nSPS) is 10.3. The van der Waals surface area contributed by atoms with E-state index in [1.165, 1.54) is 12.1 Å². The fourth-order valence-electron chi connectivity index (χ4n) is 1.78. The first-order valence-electron chi connectivity index (χ1n) is 6.04. The standard InChI is InChI=1S/C14H10Cl2N2O4/c15-10-2-1-3-11(16)13(10)22-7-9-5-4-8(14(17)19)6-12(9)18(20)21/h1-6H,7H2,(H2,17,19). The molecule has 1 amide bonds. The van der Waals surface area contributed by atoms with Gasteiger partial charge in [-0.15, -0.1) is 0 Å². The molecule has 0 radical (unpaired) electrons. The number of para-hydroxylation sites is 1. The molecule has 0 heterocycles. The molecule has 2 N–H and O–H groups in total. The van der Waals surface area contributed by atoms with Crippen LogP contribution in [0.1, 0.15) is 15.9 Å². The molecule has 0 saturated heterocycles. The Morgan fingerprint density at radius 2 is 1.86 bits per heavy atom. The Balaban J connectivity index is 2.30. The smallest absolute Gasteiger partial charge is 0.276 e. The summed E-state index contributed by atoms with van der Waals surface area (Å²) in [6, 6.07) is 8.74. The monoisotopic (exact) mass is 340 g/mol. The molecule has 2 aromatic rings. The van der Waals surface area contributed by atoms with Crippen LogP contribution in [0.15, 0.2) is 36.4 Å². The van der Waals surface area contributed by atoms with Crippen molar-refractivity contribution in [1.29, 1.82) is 0 Å². The van der Waals surface area contributed by atoms with Gasteiger partial charge in [-0.1, -0.05) is 29.3 Å². The van der Waals surface area contributed by atoms with Crippen molar-refractivity contribution >= 4 is 34.8 Å². The second kappa shape index (κ2) is 6.64. The fraction of sp³-hybridized carbons (Fsp3) is 0.0714. The number of nitro groups is 1. The molecular formula is C14H10Cl2N2O4. The molecule has 0 spiro atoms. The molecule has 2 rings (SSSR count). The van der Waals surface area contributed by atoms with Gasteiger partial charge in [-0.05, 0) is 24.3 Å². The van der Waals surface area contributed by atoms with Crippen LogP contribution in [0.4, 0.5) is 5.69 Å². The van der Waals surface area contributed by atoms with Crippen LogP contribution in [0.5, 0.6) is 5.75 Å². The zero-order chi connectivity index (χ0) is 16.3. The summed E-state index contributed by atoms with van der Waals surface area (Å²) >= 11 is 11.9. The summed E-state index contributed by atoms with van der Waals surface area (Å²) in [6.07, 6.45) is 0. The predicted octanol–water partition coefficient (Wildman–Crippen LogP) is 3.58. The zero-order valence-corrected chi connectivity index (χ0v) is 12.6. The number of amides is 1. The Labute approximate surface area is 135 Å². The molecular weight excluding hydrogens is 331 g/mol. The second-order valence-electron chi connectivity index (χ2n) is 4.30.